The number of amides is 2. The van der Waals surface area contributed by atoms with Gasteiger partial charge in [-0.3, -0.25) is 9.59 Å². The summed E-state index contributed by atoms with van der Waals surface area (Å²) in [5, 5.41) is 2.95. The molecule has 0 aliphatic carbocycles. The second-order valence-corrected chi connectivity index (χ2v) is 7.71. The van der Waals surface area contributed by atoms with E-state index in [4.69, 9.17) is 0 Å². The molecule has 0 unspecified atom stereocenters. The summed E-state index contributed by atoms with van der Waals surface area (Å²) in [4.78, 5) is 28.9. The van der Waals surface area contributed by atoms with Crippen LogP contribution < -0.4 is 10.2 Å². The smallest absolute Gasteiger partial charge is 0.243 e. The highest BCUT2D eigenvalue weighted by molar-refractivity contribution is 5.96. The Morgan fingerprint density at radius 3 is 2.50 bits per heavy atom. The third-order valence-corrected chi connectivity index (χ3v) is 5.52. The van der Waals surface area contributed by atoms with E-state index in [1.807, 2.05) is 44.2 Å². The van der Waals surface area contributed by atoms with E-state index >= 15 is 0 Å². The molecule has 1 atom stereocenters. The highest BCUT2D eigenvalue weighted by Crippen LogP contribution is 2.30. The lowest BCUT2D eigenvalue weighted by Crippen LogP contribution is -2.46. The fourth-order valence-corrected chi connectivity index (χ4v) is 3.76. The molecular formula is C23H29N3O2. The van der Waals surface area contributed by atoms with E-state index in [1.165, 1.54) is 10.5 Å². The van der Waals surface area contributed by atoms with Gasteiger partial charge in [-0.1, -0.05) is 36.4 Å². The van der Waals surface area contributed by atoms with Gasteiger partial charge in [-0.2, -0.15) is 0 Å². The molecule has 0 saturated carbocycles. The van der Waals surface area contributed by atoms with Crippen molar-refractivity contribution in [1.82, 2.24) is 4.90 Å². The number of hydrogen-bond acceptors (Lipinski definition) is 3. The largest absolute Gasteiger partial charge is 0.359 e. The van der Waals surface area contributed by atoms with E-state index in [9.17, 15) is 9.59 Å². The number of nitrogens with zero attached hydrogens (tertiary/aromatic N) is 2. The maximum absolute atomic E-state index is 12.8. The summed E-state index contributed by atoms with van der Waals surface area (Å²) >= 11 is 0. The van der Waals surface area contributed by atoms with Crippen LogP contribution in [0.4, 0.5) is 11.4 Å². The molecule has 2 amide bonds. The van der Waals surface area contributed by atoms with Crippen molar-refractivity contribution in [3.63, 3.8) is 0 Å². The molecule has 3 rings (SSSR count). The van der Waals surface area contributed by atoms with Crippen LogP contribution in [0.2, 0.25) is 0 Å². The Bertz CT molecular complexity index is 858. The van der Waals surface area contributed by atoms with Crippen molar-refractivity contribution in [2.75, 3.05) is 30.4 Å². The van der Waals surface area contributed by atoms with E-state index in [1.54, 1.807) is 7.05 Å². The van der Waals surface area contributed by atoms with Gasteiger partial charge < -0.3 is 15.1 Å². The number of likely N-dealkylation sites (N-methyl/N-ethyl adjacent to an activating group) is 1. The van der Waals surface area contributed by atoms with Gasteiger partial charge in [0.2, 0.25) is 11.8 Å². The topological polar surface area (TPSA) is 52.7 Å². The minimum Gasteiger partial charge on any atom is -0.359 e. The average Bonchev–Trinajstić information content (AvgIpc) is 2.67. The number of anilines is 2. The summed E-state index contributed by atoms with van der Waals surface area (Å²) in [6.07, 6.45) is 2.07. The van der Waals surface area contributed by atoms with Crippen LogP contribution in [0.3, 0.4) is 0 Å². The molecule has 0 fully saturated rings. The zero-order valence-electron chi connectivity index (χ0n) is 17.2. The van der Waals surface area contributed by atoms with Crippen molar-refractivity contribution >= 4 is 23.2 Å². The van der Waals surface area contributed by atoms with Crippen LogP contribution >= 0.6 is 0 Å². The number of aryl methyl sites for hydroxylation is 3. The van der Waals surface area contributed by atoms with Gasteiger partial charge in [-0.25, -0.2) is 0 Å². The Morgan fingerprint density at radius 1 is 1.11 bits per heavy atom. The van der Waals surface area contributed by atoms with E-state index in [0.717, 1.165) is 35.3 Å². The monoisotopic (exact) mass is 379 g/mol. The molecule has 2 aromatic rings. The van der Waals surface area contributed by atoms with Crippen LogP contribution in [0, 0.1) is 13.8 Å². The molecule has 148 valence electrons. The summed E-state index contributed by atoms with van der Waals surface area (Å²) in [5.41, 5.74) is 5.26. The average molecular weight is 380 g/mol. The Kier molecular flexibility index (Phi) is 6.02. The normalized spacial score (nSPS) is 15.7. The van der Waals surface area contributed by atoms with Crippen LogP contribution in [0.5, 0.6) is 0 Å². The Balaban J connectivity index is 1.63. The number of fused-ring (bicyclic) bond motifs is 1. The first-order valence-electron chi connectivity index (χ1n) is 9.81. The molecule has 1 aliphatic rings. The number of benzene rings is 2. The standard InChI is InChI=1S/C23H29N3O2/c1-16-8-7-9-17(2)23(16)24-21(27)14-25(4)22(28)15-26-18(3)12-13-19-10-5-6-11-20(19)26/h5-11,18H,12-15H2,1-4H3,(H,24,27)/t18-/m0/s1. The van der Waals surface area contributed by atoms with Gasteiger partial charge in [0, 0.05) is 24.5 Å². The van der Waals surface area contributed by atoms with Gasteiger partial charge >= 0.3 is 0 Å². The molecule has 0 spiro atoms. The van der Waals surface area contributed by atoms with Crippen LogP contribution in [0.15, 0.2) is 42.5 Å². The Morgan fingerprint density at radius 2 is 1.79 bits per heavy atom. The van der Waals surface area contributed by atoms with Crippen LogP contribution in [-0.4, -0.2) is 42.9 Å². The number of carbonyl (C=O) groups excluding carboxylic acids is 2. The van der Waals surface area contributed by atoms with Crippen molar-refractivity contribution in [3.05, 3.63) is 59.2 Å². The van der Waals surface area contributed by atoms with E-state index in [0.29, 0.717) is 6.04 Å². The number of para-hydroxylation sites is 2. The molecule has 1 N–H and O–H groups in total. The molecule has 1 aliphatic heterocycles. The number of hydrogen-bond donors (Lipinski definition) is 1. The predicted molar refractivity (Wildman–Crippen MR) is 114 cm³/mol. The van der Waals surface area contributed by atoms with Gasteiger partial charge in [-0.05, 0) is 56.4 Å². The predicted octanol–water partition coefficient (Wildman–Crippen LogP) is 3.54. The Labute approximate surface area is 167 Å². The van der Waals surface area contributed by atoms with Crippen molar-refractivity contribution < 1.29 is 9.59 Å². The first kappa shape index (κ1) is 19.9. The molecule has 5 heteroatoms. The molecular weight excluding hydrogens is 350 g/mol. The SMILES string of the molecule is Cc1cccc(C)c1NC(=O)CN(C)C(=O)CN1c2ccccc2CC[C@@H]1C. The minimum absolute atomic E-state index is 0.0382. The molecule has 1 heterocycles. The third-order valence-electron chi connectivity index (χ3n) is 5.52. The molecule has 0 saturated heterocycles. The number of rotatable bonds is 5. The van der Waals surface area contributed by atoms with E-state index in [2.05, 4.69) is 29.3 Å². The number of carbonyl (C=O) groups is 2. The van der Waals surface area contributed by atoms with Gasteiger partial charge in [-0.15, -0.1) is 0 Å². The van der Waals surface area contributed by atoms with Crippen LogP contribution in [0.1, 0.15) is 30.0 Å². The summed E-state index contributed by atoms with van der Waals surface area (Å²) in [7, 11) is 1.69. The van der Waals surface area contributed by atoms with Gasteiger partial charge in [0.05, 0.1) is 13.1 Å². The molecule has 0 aromatic heterocycles. The van der Waals surface area contributed by atoms with Gasteiger partial charge in [0.15, 0.2) is 0 Å². The second-order valence-electron chi connectivity index (χ2n) is 7.71. The fourth-order valence-electron chi connectivity index (χ4n) is 3.76. The lowest BCUT2D eigenvalue weighted by atomic mass is 9.96. The van der Waals surface area contributed by atoms with Crippen molar-refractivity contribution in [3.8, 4) is 0 Å². The zero-order valence-corrected chi connectivity index (χ0v) is 17.2. The highest BCUT2D eigenvalue weighted by atomic mass is 16.2. The van der Waals surface area contributed by atoms with Crippen LogP contribution in [-0.2, 0) is 16.0 Å². The Hall–Kier alpha value is -2.82. The fraction of sp³-hybridized carbons (Fsp3) is 0.391. The maximum Gasteiger partial charge on any atom is 0.243 e. The molecule has 5 nitrogen and oxygen atoms in total. The third kappa shape index (κ3) is 4.35. The van der Waals surface area contributed by atoms with Crippen molar-refractivity contribution in [1.29, 1.82) is 0 Å². The lowest BCUT2D eigenvalue weighted by molar-refractivity contribution is -0.132. The quantitative estimate of drug-likeness (QED) is 0.864. The van der Waals surface area contributed by atoms with Crippen LogP contribution in [0.25, 0.3) is 0 Å². The van der Waals surface area contributed by atoms with Crippen molar-refractivity contribution in [2.45, 2.75) is 39.7 Å². The second kappa shape index (κ2) is 8.46. The first-order chi connectivity index (χ1) is 13.4. The van der Waals surface area contributed by atoms with Gasteiger partial charge in [0.1, 0.15) is 0 Å². The van der Waals surface area contributed by atoms with E-state index in [-0.39, 0.29) is 24.9 Å². The first-order valence-corrected chi connectivity index (χ1v) is 9.81. The molecule has 28 heavy (non-hydrogen) atoms. The van der Waals surface area contributed by atoms with E-state index < -0.39 is 0 Å². The number of nitrogens with one attached hydrogen (secondary N) is 1. The lowest BCUT2D eigenvalue weighted by Gasteiger charge is -2.37. The minimum atomic E-state index is -0.180. The summed E-state index contributed by atoms with van der Waals surface area (Å²) in [6.45, 7) is 6.40. The summed E-state index contributed by atoms with van der Waals surface area (Å²) < 4.78 is 0. The zero-order chi connectivity index (χ0) is 20.3. The molecule has 0 bridgehead atoms. The molecule has 0 radical (unpaired) electrons. The van der Waals surface area contributed by atoms with Crippen molar-refractivity contribution in [2.24, 2.45) is 0 Å². The summed E-state index contributed by atoms with van der Waals surface area (Å²) in [6, 6.07) is 14.4. The maximum atomic E-state index is 12.8. The highest BCUT2D eigenvalue weighted by Gasteiger charge is 2.26. The van der Waals surface area contributed by atoms with Gasteiger partial charge in [0.25, 0.3) is 0 Å². The molecule has 2 aromatic carbocycles. The summed E-state index contributed by atoms with van der Waals surface area (Å²) in [5.74, 6) is -0.236.